The molecule has 3 aromatic rings. The number of hydrogen-bond donors (Lipinski definition) is 1. The van der Waals surface area contributed by atoms with Gasteiger partial charge in [0.2, 0.25) is 0 Å². The van der Waals surface area contributed by atoms with Crippen LogP contribution in [0.1, 0.15) is 21.7 Å². The average molecular weight is 396 g/mol. The van der Waals surface area contributed by atoms with E-state index in [1.54, 1.807) is 19.1 Å². The highest BCUT2D eigenvalue weighted by Crippen LogP contribution is 2.25. The number of anilines is 1. The van der Waals surface area contributed by atoms with Gasteiger partial charge in [0.25, 0.3) is 5.91 Å². The molecule has 0 aliphatic heterocycles. The predicted octanol–water partition coefficient (Wildman–Crippen LogP) is 3.97. The molecule has 0 unspecified atom stereocenters. The number of carbonyl (C=O) groups is 2. The second kappa shape index (κ2) is 8.37. The molecule has 0 aliphatic carbocycles. The van der Waals surface area contributed by atoms with E-state index in [1.165, 1.54) is 18.2 Å². The molecule has 2 aromatic carbocycles. The van der Waals surface area contributed by atoms with Crippen molar-refractivity contribution in [2.45, 2.75) is 6.92 Å². The van der Waals surface area contributed by atoms with Crippen molar-refractivity contribution >= 4 is 29.2 Å². The average Bonchev–Trinajstić information content (AvgIpc) is 3.08. The summed E-state index contributed by atoms with van der Waals surface area (Å²) in [6.45, 7) is 1.09. The van der Waals surface area contributed by atoms with Crippen molar-refractivity contribution in [2.24, 2.45) is 0 Å². The number of hydrogen-bond acceptors (Lipinski definition) is 6. The number of esters is 1. The van der Waals surface area contributed by atoms with Gasteiger partial charge in [-0.15, -0.1) is 0 Å². The maximum atomic E-state index is 12.5. The summed E-state index contributed by atoms with van der Waals surface area (Å²) in [6, 6.07) is 15.4. The maximum absolute atomic E-state index is 12.5. The Morgan fingerprint density at radius 1 is 1.25 bits per heavy atom. The lowest BCUT2D eigenvalue weighted by molar-refractivity contribution is -0.119. The van der Waals surface area contributed by atoms with Gasteiger partial charge in [0, 0.05) is 11.3 Å². The Balaban J connectivity index is 1.66. The second-order valence-corrected chi connectivity index (χ2v) is 6.17. The summed E-state index contributed by atoms with van der Waals surface area (Å²) in [7, 11) is 0. The fourth-order valence-corrected chi connectivity index (χ4v) is 2.71. The SMILES string of the molecule is Cc1onc(-c2ccccc2)c1C(=O)OCC(=O)Nc1ccc(C#N)c(Cl)c1. The first-order chi connectivity index (χ1) is 13.5. The summed E-state index contributed by atoms with van der Waals surface area (Å²) in [5.41, 5.74) is 1.89. The molecule has 0 radical (unpaired) electrons. The molecule has 7 nitrogen and oxygen atoms in total. The summed E-state index contributed by atoms with van der Waals surface area (Å²) >= 11 is 5.92. The molecular formula is C20H14ClN3O4. The van der Waals surface area contributed by atoms with Gasteiger partial charge in [-0.3, -0.25) is 4.79 Å². The Morgan fingerprint density at radius 2 is 2.00 bits per heavy atom. The van der Waals surface area contributed by atoms with E-state index in [9.17, 15) is 9.59 Å². The van der Waals surface area contributed by atoms with Crippen LogP contribution in [0, 0.1) is 18.3 Å². The number of carbonyl (C=O) groups excluding carboxylic acids is 2. The Labute approximate surface area is 165 Å². The van der Waals surface area contributed by atoms with Crippen molar-refractivity contribution in [3.8, 4) is 17.3 Å². The lowest BCUT2D eigenvalue weighted by Gasteiger charge is -2.08. The monoisotopic (exact) mass is 395 g/mol. The van der Waals surface area contributed by atoms with Gasteiger partial charge in [0.1, 0.15) is 23.1 Å². The standard InChI is InChI=1S/C20H14ClN3O4/c1-12-18(19(24-28-12)13-5-3-2-4-6-13)20(26)27-11-17(25)23-15-8-7-14(10-22)16(21)9-15/h2-9H,11H2,1H3,(H,23,25). The number of nitrogens with zero attached hydrogens (tertiary/aromatic N) is 2. The summed E-state index contributed by atoms with van der Waals surface area (Å²) < 4.78 is 10.2. The van der Waals surface area contributed by atoms with E-state index in [0.717, 1.165) is 0 Å². The van der Waals surface area contributed by atoms with E-state index in [2.05, 4.69) is 10.5 Å². The van der Waals surface area contributed by atoms with Gasteiger partial charge in [-0.1, -0.05) is 47.1 Å². The van der Waals surface area contributed by atoms with Crippen LogP contribution >= 0.6 is 11.6 Å². The van der Waals surface area contributed by atoms with Crippen molar-refractivity contribution in [3.05, 3.63) is 70.4 Å². The molecule has 0 bridgehead atoms. The number of ether oxygens (including phenoxy) is 1. The van der Waals surface area contributed by atoms with Crippen LogP contribution < -0.4 is 5.32 Å². The lowest BCUT2D eigenvalue weighted by Crippen LogP contribution is -2.21. The summed E-state index contributed by atoms with van der Waals surface area (Å²) in [6.07, 6.45) is 0. The number of amides is 1. The molecule has 0 spiro atoms. The van der Waals surface area contributed by atoms with Crippen LogP contribution in [0.4, 0.5) is 5.69 Å². The van der Waals surface area contributed by atoms with Crippen LogP contribution in [-0.2, 0) is 9.53 Å². The van der Waals surface area contributed by atoms with E-state index in [1.807, 2.05) is 24.3 Å². The molecule has 0 aliphatic rings. The third-order valence-corrected chi connectivity index (χ3v) is 4.13. The van der Waals surface area contributed by atoms with E-state index >= 15 is 0 Å². The van der Waals surface area contributed by atoms with Crippen LogP contribution in [0.15, 0.2) is 53.1 Å². The smallest absolute Gasteiger partial charge is 0.344 e. The van der Waals surface area contributed by atoms with E-state index in [-0.39, 0.29) is 10.6 Å². The van der Waals surface area contributed by atoms with Crippen LogP contribution in [0.3, 0.4) is 0 Å². The minimum Gasteiger partial charge on any atom is -0.452 e. The fourth-order valence-electron chi connectivity index (χ4n) is 2.49. The minimum atomic E-state index is -0.717. The molecule has 140 valence electrons. The molecule has 28 heavy (non-hydrogen) atoms. The zero-order valence-corrected chi connectivity index (χ0v) is 15.5. The molecule has 1 amide bonds. The first-order valence-electron chi connectivity index (χ1n) is 8.18. The van der Waals surface area contributed by atoms with Gasteiger partial charge in [-0.2, -0.15) is 5.26 Å². The highest BCUT2D eigenvalue weighted by atomic mass is 35.5. The van der Waals surface area contributed by atoms with Gasteiger partial charge in [0.15, 0.2) is 6.61 Å². The summed E-state index contributed by atoms with van der Waals surface area (Å²) in [5, 5.41) is 15.5. The number of benzene rings is 2. The zero-order chi connectivity index (χ0) is 20.1. The molecule has 0 atom stereocenters. The first kappa shape index (κ1) is 19.1. The van der Waals surface area contributed by atoms with Crippen LogP contribution in [0.2, 0.25) is 5.02 Å². The second-order valence-electron chi connectivity index (χ2n) is 5.76. The van der Waals surface area contributed by atoms with Crippen LogP contribution in [0.25, 0.3) is 11.3 Å². The van der Waals surface area contributed by atoms with Crippen molar-refractivity contribution in [1.29, 1.82) is 5.26 Å². The Kier molecular flexibility index (Phi) is 5.72. The van der Waals surface area contributed by atoms with Crippen molar-refractivity contribution in [2.75, 3.05) is 11.9 Å². The Bertz CT molecular complexity index is 1070. The molecule has 0 saturated carbocycles. The minimum absolute atomic E-state index is 0.167. The Hall–Kier alpha value is -3.63. The number of aromatic nitrogens is 1. The van der Waals surface area contributed by atoms with Crippen LogP contribution in [-0.4, -0.2) is 23.6 Å². The molecule has 0 fully saturated rings. The molecule has 1 N–H and O–H groups in total. The topological polar surface area (TPSA) is 105 Å². The molecule has 8 heteroatoms. The maximum Gasteiger partial charge on any atom is 0.344 e. The van der Waals surface area contributed by atoms with Crippen molar-refractivity contribution in [1.82, 2.24) is 5.16 Å². The third kappa shape index (κ3) is 4.19. The zero-order valence-electron chi connectivity index (χ0n) is 14.7. The van der Waals surface area contributed by atoms with E-state index in [4.69, 9.17) is 26.1 Å². The van der Waals surface area contributed by atoms with Crippen LogP contribution in [0.5, 0.6) is 0 Å². The Morgan fingerprint density at radius 3 is 2.68 bits per heavy atom. The molecule has 0 saturated heterocycles. The number of nitriles is 1. The van der Waals surface area contributed by atoms with Gasteiger partial charge in [-0.25, -0.2) is 4.79 Å². The quantitative estimate of drug-likeness (QED) is 0.655. The normalized spacial score (nSPS) is 10.2. The highest BCUT2D eigenvalue weighted by molar-refractivity contribution is 6.32. The predicted molar refractivity (Wildman–Crippen MR) is 102 cm³/mol. The van der Waals surface area contributed by atoms with Gasteiger partial charge < -0.3 is 14.6 Å². The van der Waals surface area contributed by atoms with E-state index < -0.39 is 18.5 Å². The lowest BCUT2D eigenvalue weighted by atomic mass is 10.1. The van der Waals surface area contributed by atoms with E-state index in [0.29, 0.717) is 28.3 Å². The molecular weight excluding hydrogens is 382 g/mol. The van der Waals surface area contributed by atoms with Gasteiger partial charge in [0.05, 0.1) is 10.6 Å². The number of halogens is 1. The first-order valence-corrected chi connectivity index (χ1v) is 8.55. The number of rotatable bonds is 5. The van der Waals surface area contributed by atoms with Gasteiger partial charge >= 0.3 is 5.97 Å². The molecule has 3 rings (SSSR count). The van der Waals surface area contributed by atoms with Crippen molar-refractivity contribution < 1.29 is 18.8 Å². The highest BCUT2D eigenvalue weighted by Gasteiger charge is 2.23. The molecule has 1 aromatic heterocycles. The summed E-state index contributed by atoms with van der Waals surface area (Å²) in [4.78, 5) is 24.5. The number of nitrogens with one attached hydrogen (secondary N) is 1. The molecule has 1 heterocycles. The van der Waals surface area contributed by atoms with Crippen molar-refractivity contribution in [3.63, 3.8) is 0 Å². The third-order valence-electron chi connectivity index (χ3n) is 3.82. The number of aryl methyl sites for hydroxylation is 1. The summed E-state index contributed by atoms with van der Waals surface area (Å²) in [5.74, 6) is -0.974. The van der Waals surface area contributed by atoms with Gasteiger partial charge in [-0.05, 0) is 25.1 Å². The fraction of sp³-hybridized carbons (Fsp3) is 0.100. The largest absolute Gasteiger partial charge is 0.452 e.